The first-order valence-corrected chi connectivity index (χ1v) is 6.34. The Bertz CT molecular complexity index is 603. The molecule has 0 atom stereocenters. The molecule has 90 valence electrons. The van der Waals surface area contributed by atoms with Gasteiger partial charge in [-0.1, -0.05) is 16.6 Å². The molecule has 1 N–H and O–H groups in total. The zero-order valence-corrected chi connectivity index (χ0v) is 10.3. The van der Waals surface area contributed by atoms with Gasteiger partial charge in [0.25, 0.3) is 0 Å². The van der Waals surface area contributed by atoms with E-state index in [1.54, 1.807) is 12.5 Å². The molecular formula is C12H11N5S. The van der Waals surface area contributed by atoms with Gasteiger partial charge in [0, 0.05) is 17.8 Å². The SMILES string of the molecule is c1ccc(-n2ccnc2)c(NCc2csnn2)c1. The zero-order chi connectivity index (χ0) is 12.2. The third-order valence-corrected chi connectivity index (χ3v) is 3.11. The van der Waals surface area contributed by atoms with Crippen LogP contribution in [0.3, 0.4) is 0 Å². The summed E-state index contributed by atoms with van der Waals surface area (Å²) in [6, 6.07) is 8.09. The number of nitrogens with one attached hydrogen (secondary N) is 1. The molecule has 0 amide bonds. The van der Waals surface area contributed by atoms with E-state index in [-0.39, 0.29) is 0 Å². The van der Waals surface area contributed by atoms with E-state index in [1.807, 2.05) is 40.4 Å². The van der Waals surface area contributed by atoms with Crippen molar-refractivity contribution in [3.8, 4) is 5.69 Å². The lowest BCUT2D eigenvalue weighted by Gasteiger charge is -2.11. The van der Waals surface area contributed by atoms with Crippen LogP contribution in [-0.4, -0.2) is 19.1 Å². The Hall–Kier alpha value is -2.21. The summed E-state index contributed by atoms with van der Waals surface area (Å²) in [6.07, 6.45) is 5.47. The van der Waals surface area contributed by atoms with E-state index in [0.29, 0.717) is 6.54 Å². The number of anilines is 1. The normalized spacial score (nSPS) is 10.4. The summed E-state index contributed by atoms with van der Waals surface area (Å²) in [5, 5.41) is 9.31. The minimum atomic E-state index is 0.669. The van der Waals surface area contributed by atoms with Gasteiger partial charge in [0.05, 0.1) is 29.9 Å². The minimum Gasteiger partial charge on any atom is -0.378 e. The monoisotopic (exact) mass is 257 g/mol. The standard InChI is InChI=1S/C12H11N5S/c1-2-4-12(17-6-5-13-9-17)11(3-1)14-7-10-8-18-16-15-10/h1-6,8-9,14H,7H2. The van der Waals surface area contributed by atoms with Crippen molar-refractivity contribution < 1.29 is 0 Å². The molecule has 0 radical (unpaired) electrons. The highest BCUT2D eigenvalue weighted by molar-refractivity contribution is 7.03. The molecule has 0 aliphatic carbocycles. The fraction of sp³-hybridized carbons (Fsp3) is 0.0833. The van der Waals surface area contributed by atoms with Gasteiger partial charge in [0.2, 0.25) is 0 Å². The third kappa shape index (κ3) is 2.23. The average Bonchev–Trinajstić information content (AvgIpc) is 3.10. The summed E-state index contributed by atoms with van der Waals surface area (Å²) in [5.74, 6) is 0. The van der Waals surface area contributed by atoms with Gasteiger partial charge in [-0.25, -0.2) is 4.98 Å². The second kappa shape index (κ2) is 4.97. The second-order valence-electron chi connectivity index (χ2n) is 3.74. The fourth-order valence-electron chi connectivity index (χ4n) is 1.70. The van der Waals surface area contributed by atoms with Crippen LogP contribution in [0.25, 0.3) is 5.69 Å². The van der Waals surface area contributed by atoms with Gasteiger partial charge in [-0.05, 0) is 23.7 Å². The maximum atomic E-state index is 4.06. The zero-order valence-electron chi connectivity index (χ0n) is 9.52. The summed E-state index contributed by atoms with van der Waals surface area (Å²) in [7, 11) is 0. The van der Waals surface area contributed by atoms with Crippen LogP contribution in [0.5, 0.6) is 0 Å². The van der Waals surface area contributed by atoms with Gasteiger partial charge in [0.15, 0.2) is 0 Å². The van der Waals surface area contributed by atoms with Gasteiger partial charge in [0.1, 0.15) is 0 Å². The van der Waals surface area contributed by atoms with Crippen molar-refractivity contribution in [1.29, 1.82) is 0 Å². The lowest BCUT2D eigenvalue weighted by molar-refractivity contribution is 0.988. The molecule has 2 aromatic heterocycles. The van der Waals surface area contributed by atoms with Crippen LogP contribution in [0.15, 0.2) is 48.4 Å². The Kier molecular flexibility index (Phi) is 3.01. The number of imidazole rings is 1. The first kappa shape index (κ1) is 10.9. The van der Waals surface area contributed by atoms with Crippen molar-refractivity contribution >= 4 is 17.2 Å². The van der Waals surface area contributed by atoms with Crippen molar-refractivity contribution in [2.24, 2.45) is 0 Å². The van der Waals surface area contributed by atoms with Crippen LogP contribution >= 0.6 is 11.5 Å². The number of aromatic nitrogens is 4. The van der Waals surface area contributed by atoms with E-state index in [0.717, 1.165) is 17.1 Å². The van der Waals surface area contributed by atoms with E-state index < -0.39 is 0 Å². The molecule has 0 aliphatic heterocycles. The number of hydrogen-bond acceptors (Lipinski definition) is 5. The van der Waals surface area contributed by atoms with Crippen LogP contribution < -0.4 is 5.32 Å². The van der Waals surface area contributed by atoms with E-state index in [2.05, 4.69) is 19.9 Å². The smallest absolute Gasteiger partial charge is 0.0992 e. The Balaban J connectivity index is 1.84. The first-order chi connectivity index (χ1) is 8.93. The van der Waals surface area contributed by atoms with Gasteiger partial charge >= 0.3 is 0 Å². The molecule has 6 heteroatoms. The topological polar surface area (TPSA) is 55.6 Å². The van der Waals surface area contributed by atoms with Gasteiger partial charge in [-0.15, -0.1) is 5.10 Å². The number of para-hydroxylation sites is 2. The summed E-state index contributed by atoms with van der Waals surface area (Å²) in [5.41, 5.74) is 3.06. The lowest BCUT2D eigenvalue weighted by atomic mass is 10.2. The van der Waals surface area contributed by atoms with Crippen LogP contribution in [0.4, 0.5) is 5.69 Å². The number of benzene rings is 1. The van der Waals surface area contributed by atoms with E-state index >= 15 is 0 Å². The highest BCUT2D eigenvalue weighted by Gasteiger charge is 2.03. The quantitative estimate of drug-likeness (QED) is 0.779. The number of nitrogens with zero attached hydrogens (tertiary/aromatic N) is 4. The minimum absolute atomic E-state index is 0.669. The van der Waals surface area contributed by atoms with Crippen molar-refractivity contribution in [2.75, 3.05) is 5.32 Å². The van der Waals surface area contributed by atoms with Crippen LogP contribution in [0.1, 0.15) is 5.69 Å². The molecule has 18 heavy (non-hydrogen) atoms. The third-order valence-electron chi connectivity index (χ3n) is 2.55. The van der Waals surface area contributed by atoms with E-state index in [4.69, 9.17) is 0 Å². The molecule has 5 nitrogen and oxygen atoms in total. The molecule has 3 aromatic rings. The average molecular weight is 257 g/mol. The van der Waals surface area contributed by atoms with Crippen molar-refractivity contribution in [1.82, 2.24) is 19.1 Å². The van der Waals surface area contributed by atoms with E-state index in [1.165, 1.54) is 11.5 Å². The molecule has 3 rings (SSSR count). The molecule has 2 heterocycles. The molecule has 0 saturated carbocycles. The van der Waals surface area contributed by atoms with E-state index in [9.17, 15) is 0 Å². The summed E-state index contributed by atoms with van der Waals surface area (Å²) < 4.78 is 5.82. The Morgan fingerprint density at radius 3 is 3.00 bits per heavy atom. The molecule has 0 fully saturated rings. The lowest BCUT2D eigenvalue weighted by Crippen LogP contribution is -2.03. The molecule has 0 spiro atoms. The summed E-state index contributed by atoms with van der Waals surface area (Å²) in [6.45, 7) is 0.669. The molecule has 0 unspecified atom stereocenters. The van der Waals surface area contributed by atoms with Crippen LogP contribution in [0, 0.1) is 0 Å². The maximum absolute atomic E-state index is 4.06. The maximum Gasteiger partial charge on any atom is 0.0992 e. The molecule has 1 aromatic carbocycles. The Morgan fingerprint density at radius 1 is 1.28 bits per heavy atom. The number of hydrogen-bond donors (Lipinski definition) is 1. The molecule has 0 saturated heterocycles. The van der Waals surface area contributed by atoms with Crippen molar-refractivity contribution in [3.63, 3.8) is 0 Å². The Labute approximate surface area is 108 Å². The predicted molar refractivity (Wildman–Crippen MR) is 70.8 cm³/mol. The van der Waals surface area contributed by atoms with Crippen molar-refractivity contribution in [2.45, 2.75) is 6.54 Å². The highest BCUT2D eigenvalue weighted by atomic mass is 32.1. The van der Waals surface area contributed by atoms with Gasteiger partial charge in [-0.3, -0.25) is 0 Å². The molecular weight excluding hydrogens is 246 g/mol. The molecule has 0 aliphatic rings. The van der Waals surface area contributed by atoms with Crippen LogP contribution in [0.2, 0.25) is 0 Å². The fourth-order valence-corrected chi connectivity index (χ4v) is 2.15. The van der Waals surface area contributed by atoms with Crippen LogP contribution in [-0.2, 0) is 6.54 Å². The van der Waals surface area contributed by atoms with Crippen molar-refractivity contribution in [3.05, 3.63) is 54.1 Å². The van der Waals surface area contributed by atoms with Gasteiger partial charge < -0.3 is 9.88 Å². The number of rotatable bonds is 4. The van der Waals surface area contributed by atoms with Gasteiger partial charge in [-0.2, -0.15) is 0 Å². The molecule has 0 bridgehead atoms. The summed E-state index contributed by atoms with van der Waals surface area (Å²) in [4.78, 5) is 4.06. The second-order valence-corrected chi connectivity index (χ2v) is 4.35. The Morgan fingerprint density at radius 2 is 2.22 bits per heavy atom. The highest BCUT2D eigenvalue weighted by Crippen LogP contribution is 2.20. The largest absolute Gasteiger partial charge is 0.378 e. The predicted octanol–water partition coefficient (Wildman–Crippen LogP) is 2.34. The first-order valence-electron chi connectivity index (χ1n) is 5.50. The summed E-state index contributed by atoms with van der Waals surface area (Å²) >= 11 is 1.36.